The fraction of sp³-hybridized carbons (Fsp3) is 0.429. The highest BCUT2D eigenvalue weighted by Gasteiger charge is 2.09. The van der Waals surface area contributed by atoms with Gasteiger partial charge >= 0.3 is 0 Å². The standard InChI is InChI=1S/C14H18BrN3O/c1-3-13(11-5-4-6-12(15)9-11)16-8-7-14-17-10(2)19-18-14/h4-6,9,13,16H,3,7-8H2,1-2H3. The highest BCUT2D eigenvalue weighted by atomic mass is 79.9. The minimum Gasteiger partial charge on any atom is -0.340 e. The number of aryl methyl sites for hydroxylation is 1. The molecule has 0 radical (unpaired) electrons. The van der Waals surface area contributed by atoms with Crippen molar-refractivity contribution in [3.05, 3.63) is 46.0 Å². The summed E-state index contributed by atoms with van der Waals surface area (Å²) in [4.78, 5) is 4.19. The van der Waals surface area contributed by atoms with Crippen LogP contribution in [0.3, 0.4) is 0 Å². The van der Waals surface area contributed by atoms with Gasteiger partial charge in [-0.15, -0.1) is 0 Å². The van der Waals surface area contributed by atoms with Gasteiger partial charge in [-0.3, -0.25) is 0 Å². The van der Waals surface area contributed by atoms with Gasteiger partial charge < -0.3 is 9.84 Å². The van der Waals surface area contributed by atoms with Gasteiger partial charge in [0.1, 0.15) is 0 Å². The molecule has 0 bridgehead atoms. The topological polar surface area (TPSA) is 51.0 Å². The number of benzene rings is 1. The summed E-state index contributed by atoms with van der Waals surface area (Å²) in [5.41, 5.74) is 1.29. The average molecular weight is 324 g/mol. The number of hydrogen-bond acceptors (Lipinski definition) is 4. The first-order chi connectivity index (χ1) is 9.19. The van der Waals surface area contributed by atoms with Crippen molar-refractivity contribution >= 4 is 15.9 Å². The molecular formula is C14H18BrN3O. The molecule has 2 rings (SSSR count). The second kappa shape index (κ2) is 6.82. The first-order valence-electron chi connectivity index (χ1n) is 6.47. The monoisotopic (exact) mass is 323 g/mol. The fourth-order valence-electron chi connectivity index (χ4n) is 2.02. The number of rotatable bonds is 6. The number of halogens is 1. The van der Waals surface area contributed by atoms with Crippen molar-refractivity contribution in [1.29, 1.82) is 0 Å². The smallest absolute Gasteiger partial charge is 0.223 e. The van der Waals surface area contributed by atoms with Crippen molar-refractivity contribution in [3.8, 4) is 0 Å². The second-order valence-electron chi connectivity index (χ2n) is 4.45. The summed E-state index contributed by atoms with van der Waals surface area (Å²) < 4.78 is 6.06. The first-order valence-corrected chi connectivity index (χ1v) is 7.26. The molecular weight excluding hydrogens is 306 g/mol. The summed E-state index contributed by atoms with van der Waals surface area (Å²) in [6, 6.07) is 8.75. The molecule has 1 atom stereocenters. The second-order valence-corrected chi connectivity index (χ2v) is 5.37. The van der Waals surface area contributed by atoms with Crippen molar-refractivity contribution < 1.29 is 4.52 Å². The van der Waals surface area contributed by atoms with Crippen LogP contribution in [0.4, 0.5) is 0 Å². The maximum atomic E-state index is 4.95. The average Bonchev–Trinajstić information content (AvgIpc) is 2.80. The first kappa shape index (κ1) is 14.2. The number of nitrogens with one attached hydrogen (secondary N) is 1. The molecule has 0 spiro atoms. The van der Waals surface area contributed by atoms with Crippen LogP contribution in [0.25, 0.3) is 0 Å². The third-order valence-corrected chi connectivity index (χ3v) is 3.46. The Hall–Kier alpha value is -1.20. The van der Waals surface area contributed by atoms with E-state index in [1.807, 2.05) is 6.07 Å². The summed E-state index contributed by atoms with van der Waals surface area (Å²) in [7, 11) is 0. The number of nitrogens with zero attached hydrogens (tertiary/aromatic N) is 2. The van der Waals surface area contributed by atoms with Crippen molar-refractivity contribution in [2.75, 3.05) is 6.54 Å². The molecule has 1 unspecified atom stereocenters. The Balaban J connectivity index is 1.89. The molecule has 0 aliphatic heterocycles. The van der Waals surface area contributed by atoms with Crippen molar-refractivity contribution in [1.82, 2.24) is 15.5 Å². The Morgan fingerprint density at radius 1 is 1.42 bits per heavy atom. The van der Waals surface area contributed by atoms with Crippen LogP contribution >= 0.6 is 15.9 Å². The van der Waals surface area contributed by atoms with E-state index < -0.39 is 0 Å². The molecule has 1 aromatic carbocycles. The van der Waals surface area contributed by atoms with Crippen molar-refractivity contribution in [3.63, 3.8) is 0 Å². The highest BCUT2D eigenvalue weighted by molar-refractivity contribution is 9.10. The molecule has 0 aliphatic rings. The molecule has 4 nitrogen and oxygen atoms in total. The lowest BCUT2D eigenvalue weighted by atomic mass is 10.0. The van der Waals surface area contributed by atoms with Crippen LogP contribution in [0, 0.1) is 6.92 Å². The minimum absolute atomic E-state index is 0.352. The van der Waals surface area contributed by atoms with Crippen LogP contribution < -0.4 is 5.32 Å². The third-order valence-electron chi connectivity index (χ3n) is 2.97. The lowest BCUT2D eigenvalue weighted by Crippen LogP contribution is -2.23. The van der Waals surface area contributed by atoms with E-state index in [0.29, 0.717) is 11.9 Å². The Bertz CT molecular complexity index is 527. The largest absolute Gasteiger partial charge is 0.340 e. The molecule has 0 saturated heterocycles. The van der Waals surface area contributed by atoms with Crippen molar-refractivity contribution in [2.24, 2.45) is 0 Å². The third kappa shape index (κ3) is 4.14. The van der Waals surface area contributed by atoms with Gasteiger partial charge in [0.05, 0.1) is 0 Å². The lowest BCUT2D eigenvalue weighted by molar-refractivity contribution is 0.386. The molecule has 1 aromatic heterocycles. The fourth-order valence-corrected chi connectivity index (χ4v) is 2.44. The van der Waals surface area contributed by atoms with E-state index in [-0.39, 0.29) is 0 Å². The molecule has 102 valence electrons. The summed E-state index contributed by atoms with van der Waals surface area (Å²) in [5, 5.41) is 7.42. The van der Waals surface area contributed by atoms with E-state index in [1.54, 1.807) is 6.92 Å². The molecule has 19 heavy (non-hydrogen) atoms. The quantitative estimate of drug-likeness (QED) is 0.884. The molecule has 0 fully saturated rings. The van der Waals surface area contributed by atoms with Gasteiger partial charge in [0, 0.05) is 30.4 Å². The molecule has 0 aliphatic carbocycles. The van der Waals surface area contributed by atoms with Gasteiger partial charge in [0.15, 0.2) is 5.82 Å². The van der Waals surface area contributed by atoms with Crippen molar-refractivity contribution in [2.45, 2.75) is 32.7 Å². The summed E-state index contributed by atoms with van der Waals surface area (Å²) >= 11 is 3.51. The molecule has 0 amide bonds. The van der Waals surface area contributed by atoms with E-state index >= 15 is 0 Å². The molecule has 1 heterocycles. The van der Waals surface area contributed by atoms with Crippen LogP contribution in [0.2, 0.25) is 0 Å². The van der Waals surface area contributed by atoms with Gasteiger partial charge in [-0.1, -0.05) is 40.1 Å². The van der Waals surface area contributed by atoms with E-state index in [0.717, 1.165) is 29.7 Å². The van der Waals surface area contributed by atoms with Crippen LogP contribution in [0.15, 0.2) is 33.3 Å². The summed E-state index contributed by atoms with van der Waals surface area (Å²) in [6.45, 7) is 4.82. The summed E-state index contributed by atoms with van der Waals surface area (Å²) in [5.74, 6) is 1.38. The molecule has 1 N–H and O–H groups in total. The Labute approximate surface area is 121 Å². The predicted molar refractivity (Wildman–Crippen MR) is 77.9 cm³/mol. The van der Waals surface area contributed by atoms with Crippen LogP contribution in [-0.2, 0) is 6.42 Å². The highest BCUT2D eigenvalue weighted by Crippen LogP contribution is 2.20. The molecule has 0 saturated carbocycles. The molecule has 2 aromatic rings. The van der Waals surface area contributed by atoms with E-state index in [4.69, 9.17) is 4.52 Å². The lowest BCUT2D eigenvalue weighted by Gasteiger charge is -2.17. The Kier molecular flexibility index (Phi) is 5.10. The maximum Gasteiger partial charge on any atom is 0.223 e. The molecule has 5 heteroatoms. The zero-order chi connectivity index (χ0) is 13.7. The van der Waals surface area contributed by atoms with Gasteiger partial charge in [-0.25, -0.2) is 0 Å². The Morgan fingerprint density at radius 2 is 2.26 bits per heavy atom. The van der Waals surface area contributed by atoms with Crippen LogP contribution in [0.1, 0.15) is 36.7 Å². The maximum absolute atomic E-state index is 4.95. The number of hydrogen-bond donors (Lipinski definition) is 1. The normalized spacial score (nSPS) is 12.6. The van der Waals surface area contributed by atoms with Gasteiger partial charge in [-0.2, -0.15) is 4.98 Å². The van der Waals surface area contributed by atoms with E-state index in [9.17, 15) is 0 Å². The number of aromatic nitrogens is 2. The van der Waals surface area contributed by atoms with Crippen LogP contribution in [-0.4, -0.2) is 16.7 Å². The summed E-state index contributed by atoms with van der Waals surface area (Å²) in [6.07, 6.45) is 1.82. The van der Waals surface area contributed by atoms with Gasteiger partial charge in [-0.05, 0) is 24.1 Å². The zero-order valence-electron chi connectivity index (χ0n) is 11.2. The van der Waals surface area contributed by atoms with Gasteiger partial charge in [0.25, 0.3) is 0 Å². The minimum atomic E-state index is 0.352. The Morgan fingerprint density at radius 3 is 2.89 bits per heavy atom. The van der Waals surface area contributed by atoms with E-state index in [2.05, 4.69) is 56.5 Å². The van der Waals surface area contributed by atoms with E-state index in [1.165, 1.54) is 5.56 Å². The SMILES string of the molecule is CCC(NCCc1noc(C)n1)c1cccc(Br)c1. The van der Waals surface area contributed by atoms with Gasteiger partial charge in [0.2, 0.25) is 5.89 Å². The predicted octanol–water partition coefficient (Wildman–Crippen LogP) is 3.42. The van der Waals surface area contributed by atoms with Crippen LogP contribution in [0.5, 0.6) is 0 Å². The zero-order valence-corrected chi connectivity index (χ0v) is 12.8.